The predicted molar refractivity (Wildman–Crippen MR) is 106 cm³/mol. The normalized spacial score (nSPS) is 20.8. The molecule has 148 valence electrons. The van der Waals surface area contributed by atoms with Crippen molar-refractivity contribution in [2.75, 3.05) is 13.1 Å². The van der Waals surface area contributed by atoms with Crippen LogP contribution >= 0.6 is 0 Å². The van der Waals surface area contributed by atoms with Crippen molar-refractivity contribution < 1.29 is 4.79 Å². The Labute approximate surface area is 167 Å². The van der Waals surface area contributed by atoms with E-state index in [2.05, 4.69) is 15.0 Å². The predicted octanol–water partition coefficient (Wildman–Crippen LogP) is 1.69. The average molecular weight is 390 g/mol. The van der Waals surface area contributed by atoms with Crippen LogP contribution in [-0.4, -0.2) is 48.4 Å². The highest BCUT2D eigenvalue weighted by molar-refractivity contribution is 5.91. The molecule has 1 aliphatic heterocycles. The van der Waals surface area contributed by atoms with Gasteiger partial charge in [0.15, 0.2) is 5.82 Å². The van der Waals surface area contributed by atoms with Crippen molar-refractivity contribution >= 4 is 5.91 Å². The molecule has 3 aromatic rings. The fourth-order valence-corrected chi connectivity index (χ4v) is 4.71. The average Bonchev–Trinajstić information content (AvgIpc) is 3.32. The summed E-state index contributed by atoms with van der Waals surface area (Å²) in [7, 11) is 1.83. The van der Waals surface area contributed by atoms with Crippen LogP contribution in [0.4, 0.5) is 0 Å². The maximum atomic E-state index is 13.0. The van der Waals surface area contributed by atoms with Gasteiger partial charge in [-0.1, -0.05) is 0 Å². The Hall–Kier alpha value is -3.29. The fraction of sp³-hybridized carbons (Fsp3) is 0.381. The van der Waals surface area contributed by atoms with E-state index in [0.717, 1.165) is 36.1 Å². The van der Waals surface area contributed by atoms with Crippen LogP contribution in [-0.2, 0) is 18.9 Å². The van der Waals surface area contributed by atoms with Gasteiger partial charge in [0.1, 0.15) is 5.82 Å². The van der Waals surface area contributed by atoms with Gasteiger partial charge in [0, 0.05) is 61.5 Å². The molecule has 4 heterocycles. The number of aromatic nitrogens is 5. The monoisotopic (exact) mass is 390 g/mol. The molecule has 0 radical (unpaired) electrons. The molecule has 0 aromatic carbocycles. The lowest BCUT2D eigenvalue weighted by Gasteiger charge is -2.40. The number of hydrogen-bond acceptors (Lipinski definition) is 5. The number of likely N-dealkylation sites (tertiary alicyclic amines) is 1. The maximum Gasteiger partial charge on any atom is 0.289 e. The topological polar surface area (TPSA) is 96.8 Å². The summed E-state index contributed by atoms with van der Waals surface area (Å²) in [4.78, 5) is 43.8. The first kappa shape index (κ1) is 17.8. The molecule has 1 unspecified atom stereocenters. The lowest BCUT2D eigenvalue weighted by atomic mass is 9.77. The largest absolute Gasteiger partial charge is 0.335 e. The molecule has 1 N–H and O–H groups in total. The summed E-state index contributed by atoms with van der Waals surface area (Å²) in [6, 6.07) is 3.71. The standard InChI is InChI=1S/C21H22N6O2/c1-26-11-9-23-18(26)20(29)27-10-3-6-21(13-27)7-5-15-16(21)24-17(25-19(15)28)14-4-2-8-22-12-14/h2,4,8-9,11-12H,3,5-7,10,13H2,1H3,(H,24,25,28). The molecular formula is C21H22N6O2. The Balaban J connectivity index is 1.53. The van der Waals surface area contributed by atoms with E-state index < -0.39 is 0 Å². The number of rotatable bonds is 2. The van der Waals surface area contributed by atoms with E-state index in [0.29, 0.717) is 31.2 Å². The van der Waals surface area contributed by atoms with Gasteiger partial charge in [-0.15, -0.1) is 0 Å². The SMILES string of the molecule is Cn1ccnc1C(=O)N1CCCC2(CCc3c2nc(-c2cccnc2)[nH]c3=O)C1. The number of hydrogen-bond donors (Lipinski definition) is 1. The van der Waals surface area contributed by atoms with Gasteiger partial charge < -0.3 is 14.5 Å². The molecule has 1 fully saturated rings. The van der Waals surface area contributed by atoms with Crippen molar-refractivity contribution in [1.82, 2.24) is 29.4 Å². The quantitative estimate of drug-likeness (QED) is 0.718. The van der Waals surface area contributed by atoms with Crippen molar-refractivity contribution in [2.45, 2.75) is 31.1 Å². The summed E-state index contributed by atoms with van der Waals surface area (Å²) in [5, 5.41) is 0. The number of imidazole rings is 1. The highest BCUT2D eigenvalue weighted by Crippen LogP contribution is 2.43. The van der Waals surface area contributed by atoms with Crippen LogP contribution in [0.15, 0.2) is 41.7 Å². The molecule has 2 aliphatic rings. The third-order valence-electron chi connectivity index (χ3n) is 6.18. The van der Waals surface area contributed by atoms with Gasteiger partial charge in [0.2, 0.25) is 0 Å². The molecule has 5 rings (SSSR count). The first-order chi connectivity index (χ1) is 14.1. The molecule has 3 aromatic heterocycles. The second-order valence-corrected chi connectivity index (χ2v) is 7.96. The van der Waals surface area contributed by atoms with Gasteiger partial charge in [0.25, 0.3) is 11.5 Å². The lowest BCUT2D eigenvalue weighted by molar-refractivity contribution is 0.0617. The molecule has 1 saturated heterocycles. The number of nitrogens with one attached hydrogen (secondary N) is 1. The Bertz CT molecular complexity index is 1140. The van der Waals surface area contributed by atoms with Gasteiger partial charge in [-0.25, -0.2) is 9.97 Å². The van der Waals surface area contributed by atoms with E-state index in [-0.39, 0.29) is 16.9 Å². The molecule has 0 saturated carbocycles. The van der Waals surface area contributed by atoms with E-state index in [1.807, 2.05) is 24.1 Å². The minimum Gasteiger partial charge on any atom is -0.335 e. The van der Waals surface area contributed by atoms with E-state index in [1.54, 1.807) is 29.4 Å². The molecule has 8 nitrogen and oxygen atoms in total. The zero-order valence-electron chi connectivity index (χ0n) is 16.3. The zero-order chi connectivity index (χ0) is 20.0. The summed E-state index contributed by atoms with van der Waals surface area (Å²) in [6.07, 6.45) is 10.1. The molecule has 1 atom stereocenters. The van der Waals surface area contributed by atoms with Crippen molar-refractivity contribution in [1.29, 1.82) is 0 Å². The number of nitrogens with zero attached hydrogens (tertiary/aromatic N) is 5. The number of carbonyl (C=O) groups is 1. The fourth-order valence-electron chi connectivity index (χ4n) is 4.71. The Morgan fingerprint density at radius 1 is 1.28 bits per heavy atom. The number of piperidine rings is 1. The van der Waals surface area contributed by atoms with Crippen LogP contribution < -0.4 is 5.56 Å². The number of aromatic amines is 1. The number of H-pyrrole nitrogens is 1. The van der Waals surface area contributed by atoms with Crippen LogP contribution in [0, 0.1) is 0 Å². The van der Waals surface area contributed by atoms with Crippen LogP contribution in [0.5, 0.6) is 0 Å². The van der Waals surface area contributed by atoms with Crippen molar-refractivity contribution in [2.24, 2.45) is 7.05 Å². The molecule has 8 heteroatoms. The smallest absolute Gasteiger partial charge is 0.289 e. The number of aryl methyl sites for hydroxylation is 1. The van der Waals surface area contributed by atoms with Crippen molar-refractivity contribution in [3.05, 3.63) is 64.4 Å². The van der Waals surface area contributed by atoms with E-state index in [1.165, 1.54) is 0 Å². The Morgan fingerprint density at radius 2 is 2.17 bits per heavy atom. The third-order valence-corrected chi connectivity index (χ3v) is 6.18. The maximum absolute atomic E-state index is 13.0. The summed E-state index contributed by atoms with van der Waals surface area (Å²) in [5.74, 6) is 0.910. The first-order valence-corrected chi connectivity index (χ1v) is 9.88. The van der Waals surface area contributed by atoms with Crippen LogP contribution in [0.3, 0.4) is 0 Å². The highest BCUT2D eigenvalue weighted by Gasteiger charge is 2.46. The first-order valence-electron chi connectivity index (χ1n) is 9.88. The summed E-state index contributed by atoms with van der Waals surface area (Å²) in [6.45, 7) is 1.26. The highest BCUT2D eigenvalue weighted by atomic mass is 16.2. The van der Waals surface area contributed by atoms with Gasteiger partial charge >= 0.3 is 0 Å². The molecule has 1 spiro atoms. The second-order valence-electron chi connectivity index (χ2n) is 7.96. The Morgan fingerprint density at radius 3 is 2.93 bits per heavy atom. The van der Waals surface area contributed by atoms with Crippen molar-refractivity contribution in [3.8, 4) is 11.4 Å². The molecule has 1 aliphatic carbocycles. The van der Waals surface area contributed by atoms with Crippen LogP contribution in [0.25, 0.3) is 11.4 Å². The second kappa shape index (κ2) is 6.65. The number of pyridine rings is 1. The minimum atomic E-state index is -0.278. The number of amides is 1. The van der Waals surface area contributed by atoms with Gasteiger partial charge in [-0.2, -0.15) is 0 Å². The molecule has 1 amide bonds. The summed E-state index contributed by atoms with van der Waals surface area (Å²) >= 11 is 0. The number of carbonyl (C=O) groups excluding carboxylic acids is 1. The van der Waals surface area contributed by atoms with E-state index in [9.17, 15) is 9.59 Å². The van der Waals surface area contributed by atoms with Crippen LogP contribution in [0.1, 0.15) is 41.1 Å². The number of fused-ring (bicyclic) bond motifs is 2. The summed E-state index contributed by atoms with van der Waals surface area (Å²) in [5.41, 5.74) is 2.02. The molecule has 0 bridgehead atoms. The van der Waals surface area contributed by atoms with E-state index >= 15 is 0 Å². The lowest BCUT2D eigenvalue weighted by Crippen LogP contribution is -2.48. The third kappa shape index (κ3) is 2.86. The van der Waals surface area contributed by atoms with Crippen LogP contribution in [0.2, 0.25) is 0 Å². The minimum absolute atomic E-state index is 0.0673. The Kier molecular flexibility index (Phi) is 4.08. The zero-order valence-corrected chi connectivity index (χ0v) is 16.3. The van der Waals surface area contributed by atoms with Gasteiger partial charge in [0.05, 0.1) is 5.69 Å². The molecular weight excluding hydrogens is 368 g/mol. The summed E-state index contributed by atoms with van der Waals surface area (Å²) < 4.78 is 1.75. The van der Waals surface area contributed by atoms with Gasteiger partial charge in [-0.3, -0.25) is 14.6 Å². The van der Waals surface area contributed by atoms with E-state index in [4.69, 9.17) is 4.98 Å². The van der Waals surface area contributed by atoms with Crippen molar-refractivity contribution in [3.63, 3.8) is 0 Å². The van der Waals surface area contributed by atoms with Gasteiger partial charge in [-0.05, 0) is 37.8 Å². The molecule has 29 heavy (non-hydrogen) atoms.